The molecule has 2 fully saturated rings. The number of hydrogen-bond donors (Lipinski definition) is 1. The molecule has 2 rings (SSSR count). The van der Waals surface area contributed by atoms with Gasteiger partial charge in [0.05, 0.1) is 0 Å². The molecule has 0 aromatic heterocycles. The van der Waals surface area contributed by atoms with Crippen molar-refractivity contribution in [2.45, 2.75) is 70.6 Å². The van der Waals surface area contributed by atoms with Crippen molar-refractivity contribution < 1.29 is 4.79 Å². The summed E-state index contributed by atoms with van der Waals surface area (Å²) in [6, 6.07) is 2.50. The van der Waals surface area contributed by atoms with E-state index in [9.17, 15) is 4.79 Å². The van der Waals surface area contributed by atoms with Gasteiger partial charge in [-0.1, -0.05) is 0 Å². The van der Waals surface area contributed by atoms with Crippen LogP contribution in [-0.2, 0) is 4.79 Å². The fourth-order valence-electron chi connectivity index (χ4n) is 3.46. The second-order valence-corrected chi connectivity index (χ2v) is 5.29. The Morgan fingerprint density at radius 2 is 1.80 bits per heavy atom. The van der Waals surface area contributed by atoms with Crippen molar-refractivity contribution in [3.8, 4) is 0 Å². The fourth-order valence-corrected chi connectivity index (χ4v) is 3.46. The lowest BCUT2D eigenvalue weighted by Gasteiger charge is -2.41. The summed E-state index contributed by atoms with van der Waals surface area (Å²) in [6.45, 7) is 6.19. The van der Waals surface area contributed by atoms with Crippen molar-refractivity contribution in [2.24, 2.45) is 0 Å². The minimum atomic E-state index is 0.123. The molecule has 2 aliphatic rings. The Balaban J connectivity index is 1.98. The van der Waals surface area contributed by atoms with Crippen LogP contribution in [0.2, 0.25) is 0 Å². The number of nitrogens with one attached hydrogen (secondary N) is 1. The lowest BCUT2D eigenvalue weighted by atomic mass is 9.96. The van der Waals surface area contributed by atoms with Crippen molar-refractivity contribution in [3.63, 3.8) is 0 Å². The molecule has 2 saturated heterocycles. The van der Waals surface area contributed by atoms with Gasteiger partial charge in [0.15, 0.2) is 0 Å². The fraction of sp³-hybridized carbons (Fsp3) is 0.917. The van der Waals surface area contributed by atoms with Gasteiger partial charge in [-0.2, -0.15) is 0 Å². The van der Waals surface area contributed by atoms with Gasteiger partial charge >= 0.3 is 0 Å². The van der Waals surface area contributed by atoms with Gasteiger partial charge in [-0.3, -0.25) is 9.69 Å². The SMILES string of the molecule is CC(=O)N[C@@H]1C[C@H]2CC[C@@H](C1)N2C(C)C. The summed E-state index contributed by atoms with van der Waals surface area (Å²) in [7, 11) is 0. The van der Waals surface area contributed by atoms with E-state index in [2.05, 4.69) is 24.1 Å². The van der Waals surface area contributed by atoms with Crippen LogP contribution in [0.1, 0.15) is 46.5 Å². The molecule has 3 heteroatoms. The number of piperidine rings is 1. The van der Waals surface area contributed by atoms with Crippen molar-refractivity contribution in [1.29, 1.82) is 0 Å². The third kappa shape index (κ3) is 2.17. The maximum absolute atomic E-state index is 11.0. The second kappa shape index (κ2) is 4.12. The summed E-state index contributed by atoms with van der Waals surface area (Å²) in [6.07, 6.45) is 4.93. The van der Waals surface area contributed by atoms with E-state index in [4.69, 9.17) is 0 Å². The number of hydrogen-bond acceptors (Lipinski definition) is 2. The summed E-state index contributed by atoms with van der Waals surface area (Å²) in [5.41, 5.74) is 0. The number of nitrogens with zero attached hydrogens (tertiary/aromatic N) is 1. The Labute approximate surface area is 92.2 Å². The van der Waals surface area contributed by atoms with E-state index in [0.717, 1.165) is 12.8 Å². The Kier molecular flexibility index (Phi) is 3.01. The molecule has 0 aliphatic carbocycles. The second-order valence-electron chi connectivity index (χ2n) is 5.29. The van der Waals surface area contributed by atoms with E-state index < -0.39 is 0 Å². The molecule has 0 spiro atoms. The monoisotopic (exact) mass is 210 g/mol. The van der Waals surface area contributed by atoms with Gasteiger partial charge in [0.2, 0.25) is 5.91 Å². The largest absolute Gasteiger partial charge is 0.353 e. The molecule has 15 heavy (non-hydrogen) atoms. The molecule has 0 radical (unpaired) electrons. The number of carbonyl (C=O) groups excluding carboxylic acids is 1. The first-order chi connectivity index (χ1) is 7.08. The van der Waals surface area contributed by atoms with Crippen molar-refractivity contribution in [2.75, 3.05) is 0 Å². The predicted octanol–water partition coefficient (Wildman–Crippen LogP) is 1.53. The third-order valence-corrected chi connectivity index (χ3v) is 3.79. The topological polar surface area (TPSA) is 32.3 Å². The van der Waals surface area contributed by atoms with Crippen LogP contribution in [-0.4, -0.2) is 35.0 Å². The highest BCUT2D eigenvalue weighted by molar-refractivity contribution is 5.73. The van der Waals surface area contributed by atoms with Crippen LogP contribution in [0.3, 0.4) is 0 Å². The van der Waals surface area contributed by atoms with Crippen molar-refractivity contribution >= 4 is 5.91 Å². The molecule has 86 valence electrons. The van der Waals surface area contributed by atoms with Crippen LogP contribution in [0.15, 0.2) is 0 Å². The van der Waals surface area contributed by atoms with E-state index in [1.807, 2.05) is 0 Å². The van der Waals surface area contributed by atoms with Gasteiger partial charge in [-0.05, 0) is 39.5 Å². The Hall–Kier alpha value is -0.570. The zero-order valence-electron chi connectivity index (χ0n) is 9.99. The maximum Gasteiger partial charge on any atom is 0.217 e. The normalized spacial score (nSPS) is 35.9. The number of rotatable bonds is 2. The number of carbonyl (C=O) groups is 1. The first-order valence-electron chi connectivity index (χ1n) is 6.12. The molecule has 2 heterocycles. The molecule has 2 bridgehead atoms. The standard InChI is InChI=1S/C12H22N2O/c1-8(2)14-11-4-5-12(14)7-10(6-11)13-9(3)15/h8,10-12H,4-7H2,1-3H3,(H,13,15)/t10-,11-,12+. The zero-order valence-corrected chi connectivity index (χ0v) is 9.99. The number of amides is 1. The minimum absolute atomic E-state index is 0.123. The van der Waals surface area contributed by atoms with Crippen molar-refractivity contribution in [1.82, 2.24) is 10.2 Å². The molecule has 3 atom stereocenters. The van der Waals surface area contributed by atoms with E-state index in [-0.39, 0.29) is 5.91 Å². The third-order valence-electron chi connectivity index (χ3n) is 3.79. The highest BCUT2D eigenvalue weighted by Gasteiger charge is 2.41. The van der Waals surface area contributed by atoms with Gasteiger partial charge in [0, 0.05) is 31.1 Å². The molecular formula is C12H22N2O. The molecule has 0 aromatic rings. The van der Waals surface area contributed by atoms with Gasteiger partial charge in [0.1, 0.15) is 0 Å². The van der Waals surface area contributed by atoms with Crippen LogP contribution < -0.4 is 5.32 Å². The van der Waals surface area contributed by atoms with Gasteiger partial charge in [-0.15, -0.1) is 0 Å². The summed E-state index contributed by atoms with van der Waals surface area (Å²) < 4.78 is 0. The molecule has 1 N–H and O–H groups in total. The van der Waals surface area contributed by atoms with E-state index >= 15 is 0 Å². The maximum atomic E-state index is 11.0. The van der Waals surface area contributed by atoms with Crippen LogP contribution in [0, 0.1) is 0 Å². The summed E-state index contributed by atoms with van der Waals surface area (Å²) in [5.74, 6) is 0.123. The Morgan fingerprint density at radius 1 is 1.27 bits per heavy atom. The first kappa shape index (κ1) is 10.9. The summed E-state index contributed by atoms with van der Waals surface area (Å²) in [4.78, 5) is 13.7. The first-order valence-corrected chi connectivity index (χ1v) is 6.12. The average molecular weight is 210 g/mol. The van der Waals surface area contributed by atoms with Crippen LogP contribution >= 0.6 is 0 Å². The molecule has 1 amide bonds. The number of fused-ring (bicyclic) bond motifs is 2. The molecule has 0 unspecified atom stereocenters. The molecule has 3 nitrogen and oxygen atoms in total. The highest BCUT2D eigenvalue weighted by Crippen LogP contribution is 2.36. The van der Waals surface area contributed by atoms with E-state index in [1.54, 1.807) is 6.92 Å². The molecule has 0 aromatic carbocycles. The summed E-state index contributed by atoms with van der Waals surface area (Å²) in [5, 5.41) is 3.08. The van der Waals surface area contributed by atoms with Gasteiger partial charge in [-0.25, -0.2) is 0 Å². The molecule has 0 saturated carbocycles. The Morgan fingerprint density at radius 3 is 2.20 bits per heavy atom. The van der Waals surface area contributed by atoms with Crippen LogP contribution in [0.4, 0.5) is 0 Å². The van der Waals surface area contributed by atoms with Crippen molar-refractivity contribution in [3.05, 3.63) is 0 Å². The van der Waals surface area contributed by atoms with Crippen LogP contribution in [0.5, 0.6) is 0 Å². The molecule has 2 aliphatic heterocycles. The summed E-state index contributed by atoms with van der Waals surface area (Å²) >= 11 is 0. The molecular weight excluding hydrogens is 188 g/mol. The zero-order chi connectivity index (χ0) is 11.0. The van der Waals surface area contributed by atoms with Gasteiger partial charge in [0.25, 0.3) is 0 Å². The quantitative estimate of drug-likeness (QED) is 0.749. The lowest BCUT2D eigenvalue weighted by molar-refractivity contribution is -0.120. The average Bonchev–Trinajstić information content (AvgIpc) is 2.38. The van der Waals surface area contributed by atoms with Crippen LogP contribution in [0.25, 0.3) is 0 Å². The minimum Gasteiger partial charge on any atom is -0.353 e. The van der Waals surface area contributed by atoms with E-state index in [1.165, 1.54) is 12.8 Å². The predicted molar refractivity (Wildman–Crippen MR) is 60.6 cm³/mol. The smallest absolute Gasteiger partial charge is 0.217 e. The highest BCUT2D eigenvalue weighted by atomic mass is 16.1. The Bertz CT molecular complexity index is 238. The van der Waals surface area contributed by atoms with E-state index in [0.29, 0.717) is 24.2 Å². The lowest BCUT2D eigenvalue weighted by Crippen LogP contribution is -2.52. The van der Waals surface area contributed by atoms with Gasteiger partial charge < -0.3 is 5.32 Å².